The Morgan fingerprint density at radius 1 is 1.07 bits per heavy atom. The number of carbonyl (C=O) groups is 2. The number of hydrogen-bond acceptors (Lipinski definition) is 4. The quantitative estimate of drug-likeness (QED) is 0.612. The molecule has 0 N–H and O–H groups in total. The number of amides is 1. The van der Waals surface area contributed by atoms with Crippen LogP contribution in [-0.2, 0) is 32.3 Å². The number of nitrogens with zero attached hydrogens (tertiary/aromatic N) is 1. The molecule has 0 spiro atoms. The van der Waals surface area contributed by atoms with E-state index in [-0.39, 0.29) is 34.5 Å². The Hall–Kier alpha value is -1.69. The third kappa shape index (κ3) is 6.95. The lowest BCUT2D eigenvalue weighted by Crippen LogP contribution is -2.30. The number of rotatable bonds is 9. The molecular weight excluding hydrogens is 386 g/mol. The second-order valence-corrected chi connectivity index (χ2v) is 11.2. The second kappa shape index (κ2) is 10.4. The molecule has 29 heavy (non-hydrogen) atoms. The fourth-order valence-electron chi connectivity index (χ4n) is 3.93. The van der Waals surface area contributed by atoms with Crippen LogP contribution >= 0.6 is 0 Å². The zero-order chi connectivity index (χ0) is 21.6. The topological polar surface area (TPSA) is 71.5 Å². The molecule has 1 aliphatic carbocycles. The minimum absolute atomic E-state index is 0.0182. The highest BCUT2D eigenvalue weighted by Crippen LogP contribution is 2.32. The molecule has 2 rings (SSSR count). The van der Waals surface area contributed by atoms with Gasteiger partial charge in [-0.05, 0) is 56.1 Å². The standard InChI is InChI=1S/C23H35NO4S/c1-5-17(2)29(27,28)16-18-9-11-21(12-10-18)22(25)14-19-7-6-8-20(13-19)15-23(26)24(3)4/h6-8,13,17-18,21H,5,9-12,14-16H2,1-4H3. The molecule has 1 aromatic carbocycles. The van der Waals surface area contributed by atoms with Crippen LogP contribution in [0.4, 0.5) is 0 Å². The average Bonchev–Trinajstić information content (AvgIpc) is 2.67. The first-order chi connectivity index (χ1) is 13.6. The number of carbonyl (C=O) groups excluding carboxylic acids is 2. The van der Waals surface area contributed by atoms with E-state index in [1.807, 2.05) is 31.2 Å². The predicted molar refractivity (Wildman–Crippen MR) is 117 cm³/mol. The van der Waals surface area contributed by atoms with Gasteiger partial charge in [0.25, 0.3) is 0 Å². The molecule has 6 heteroatoms. The van der Waals surface area contributed by atoms with Crippen LogP contribution in [0.5, 0.6) is 0 Å². The van der Waals surface area contributed by atoms with E-state index in [1.165, 1.54) is 0 Å². The summed E-state index contributed by atoms with van der Waals surface area (Å²) in [5, 5.41) is -0.284. The normalized spacial score (nSPS) is 20.8. The lowest BCUT2D eigenvalue weighted by molar-refractivity contribution is -0.128. The molecule has 0 heterocycles. The molecule has 1 atom stereocenters. The molecule has 0 bridgehead atoms. The van der Waals surface area contributed by atoms with Crippen LogP contribution in [0.2, 0.25) is 0 Å². The van der Waals surface area contributed by atoms with Crippen molar-refractivity contribution in [3.8, 4) is 0 Å². The van der Waals surface area contributed by atoms with Crippen molar-refractivity contribution in [3.63, 3.8) is 0 Å². The van der Waals surface area contributed by atoms with E-state index in [4.69, 9.17) is 0 Å². The summed E-state index contributed by atoms with van der Waals surface area (Å²) in [5.41, 5.74) is 1.87. The van der Waals surface area contributed by atoms with Gasteiger partial charge in [0.2, 0.25) is 5.91 Å². The van der Waals surface area contributed by atoms with E-state index < -0.39 is 9.84 Å². The van der Waals surface area contributed by atoms with Crippen LogP contribution in [0.3, 0.4) is 0 Å². The van der Waals surface area contributed by atoms with Gasteiger partial charge >= 0.3 is 0 Å². The molecule has 0 aliphatic heterocycles. The summed E-state index contributed by atoms with van der Waals surface area (Å²) in [5.74, 6) is 0.719. The molecule has 1 amide bonds. The fraction of sp³-hybridized carbons (Fsp3) is 0.652. The minimum atomic E-state index is -3.03. The number of hydrogen-bond donors (Lipinski definition) is 0. The zero-order valence-corrected chi connectivity index (χ0v) is 19.0. The molecule has 1 saturated carbocycles. The van der Waals surface area contributed by atoms with Gasteiger partial charge in [0, 0.05) is 26.4 Å². The Labute approximate surface area is 175 Å². The van der Waals surface area contributed by atoms with Gasteiger partial charge in [-0.2, -0.15) is 0 Å². The highest BCUT2D eigenvalue weighted by atomic mass is 32.2. The van der Waals surface area contributed by atoms with Crippen LogP contribution in [0.1, 0.15) is 57.1 Å². The first-order valence-electron chi connectivity index (χ1n) is 10.6. The Kier molecular flexibility index (Phi) is 8.44. The van der Waals surface area contributed by atoms with Crippen LogP contribution in [0.25, 0.3) is 0 Å². The lowest BCUT2D eigenvalue weighted by atomic mass is 9.79. The molecular formula is C23H35NO4S. The molecule has 1 aromatic rings. The third-order valence-corrected chi connectivity index (χ3v) is 8.68. The van der Waals surface area contributed by atoms with Gasteiger partial charge in [0.05, 0.1) is 17.4 Å². The molecule has 1 fully saturated rings. The highest BCUT2D eigenvalue weighted by molar-refractivity contribution is 7.92. The molecule has 1 unspecified atom stereocenters. The highest BCUT2D eigenvalue weighted by Gasteiger charge is 2.30. The van der Waals surface area contributed by atoms with Gasteiger partial charge in [0.15, 0.2) is 9.84 Å². The first kappa shape index (κ1) is 23.6. The molecule has 5 nitrogen and oxygen atoms in total. The van der Waals surface area contributed by atoms with E-state index in [2.05, 4.69) is 0 Å². The van der Waals surface area contributed by atoms with Crippen molar-refractivity contribution in [2.24, 2.45) is 11.8 Å². The maximum absolute atomic E-state index is 12.8. The van der Waals surface area contributed by atoms with E-state index in [0.29, 0.717) is 19.3 Å². The lowest BCUT2D eigenvalue weighted by Gasteiger charge is -2.28. The second-order valence-electron chi connectivity index (χ2n) is 8.69. The molecule has 0 aromatic heterocycles. The van der Waals surface area contributed by atoms with Crippen LogP contribution in [0.15, 0.2) is 24.3 Å². The fourth-order valence-corrected chi connectivity index (χ4v) is 5.75. The number of ketones is 1. The summed E-state index contributed by atoms with van der Waals surface area (Å²) in [6, 6.07) is 7.70. The van der Waals surface area contributed by atoms with E-state index >= 15 is 0 Å². The van der Waals surface area contributed by atoms with Crippen molar-refractivity contribution >= 4 is 21.5 Å². The summed E-state index contributed by atoms with van der Waals surface area (Å²) in [7, 11) is 0.440. The average molecular weight is 422 g/mol. The summed E-state index contributed by atoms with van der Waals surface area (Å²) in [6.45, 7) is 3.69. The smallest absolute Gasteiger partial charge is 0.226 e. The summed E-state index contributed by atoms with van der Waals surface area (Å²) >= 11 is 0. The van der Waals surface area contributed by atoms with E-state index in [9.17, 15) is 18.0 Å². The molecule has 0 saturated heterocycles. The Balaban J connectivity index is 1.88. The van der Waals surface area contributed by atoms with Crippen molar-refractivity contribution in [1.29, 1.82) is 0 Å². The monoisotopic (exact) mass is 421 g/mol. The van der Waals surface area contributed by atoms with Gasteiger partial charge < -0.3 is 4.90 Å². The zero-order valence-electron chi connectivity index (χ0n) is 18.2. The SMILES string of the molecule is CCC(C)S(=O)(=O)CC1CCC(C(=O)Cc2cccc(CC(=O)N(C)C)c2)CC1. The van der Waals surface area contributed by atoms with Gasteiger partial charge in [0.1, 0.15) is 5.78 Å². The predicted octanol–water partition coefficient (Wildman–Crippen LogP) is 3.45. The van der Waals surface area contributed by atoms with Crippen molar-refractivity contribution in [1.82, 2.24) is 4.90 Å². The summed E-state index contributed by atoms with van der Waals surface area (Å²) in [4.78, 5) is 26.2. The molecule has 1 aliphatic rings. The van der Waals surface area contributed by atoms with E-state index in [1.54, 1.807) is 25.9 Å². The van der Waals surface area contributed by atoms with Gasteiger partial charge in [-0.1, -0.05) is 31.2 Å². The van der Waals surface area contributed by atoms with Crippen molar-refractivity contribution in [3.05, 3.63) is 35.4 Å². The van der Waals surface area contributed by atoms with Crippen molar-refractivity contribution in [2.75, 3.05) is 19.8 Å². The minimum Gasteiger partial charge on any atom is -0.349 e. The van der Waals surface area contributed by atoms with E-state index in [0.717, 1.165) is 36.8 Å². The van der Waals surface area contributed by atoms with Gasteiger partial charge in [-0.25, -0.2) is 8.42 Å². The first-order valence-corrected chi connectivity index (χ1v) is 12.4. The van der Waals surface area contributed by atoms with Crippen LogP contribution in [-0.4, -0.2) is 50.1 Å². The molecule has 0 radical (unpaired) electrons. The Bertz CT molecular complexity index is 808. The van der Waals surface area contributed by atoms with Gasteiger partial charge in [-0.3, -0.25) is 9.59 Å². The number of likely N-dealkylation sites (N-methyl/N-ethyl adjacent to an activating group) is 1. The summed E-state index contributed by atoms with van der Waals surface area (Å²) < 4.78 is 24.7. The third-order valence-electron chi connectivity index (χ3n) is 6.18. The Morgan fingerprint density at radius 2 is 1.66 bits per heavy atom. The largest absolute Gasteiger partial charge is 0.349 e. The summed E-state index contributed by atoms with van der Waals surface area (Å²) in [6.07, 6.45) is 4.54. The van der Waals surface area contributed by atoms with Crippen LogP contribution in [0, 0.1) is 11.8 Å². The van der Waals surface area contributed by atoms with Crippen molar-refractivity contribution < 1.29 is 18.0 Å². The number of benzene rings is 1. The maximum Gasteiger partial charge on any atom is 0.226 e. The number of sulfone groups is 1. The maximum atomic E-state index is 12.8. The van der Waals surface area contributed by atoms with Crippen LogP contribution < -0.4 is 0 Å². The van der Waals surface area contributed by atoms with Gasteiger partial charge in [-0.15, -0.1) is 0 Å². The number of Topliss-reactive ketones (excluding diaryl/α,β-unsaturated/α-hetero) is 1. The molecule has 162 valence electrons. The Morgan fingerprint density at radius 3 is 2.21 bits per heavy atom. The van der Waals surface area contributed by atoms with Crippen molar-refractivity contribution in [2.45, 2.75) is 64.0 Å².